The number of carbonyl (C=O) groups is 1. The van der Waals surface area contributed by atoms with Crippen molar-refractivity contribution in [1.82, 2.24) is 0 Å². The quantitative estimate of drug-likeness (QED) is 0.664. The van der Waals surface area contributed by atoms with Crippen LogP contribution in [-0.2, 0) is 9.53 Å². The van der Waals surface area contributed by atoms with Crippen LogP contribution in [0.1, 0.15) is 32.6 Å². The molecule has 1 rings (SSSR count). The fourth-order valence-electron chi connectivity index (χ4n) is 1.39. The van der Waals surface area contributed by atoms with Gasteiger partial charge in [0.1, 0.15) is 5.78 Å². The SMILES string of the molecule is COC1=CC(CCC(C)=O)=CCC1. The fourth-order valence-corrected chi connectivity index (χ4v) is 1.39. The molecule has 0 aromatic heterocycles. The van der Waals surface area contributed by atoms with Crippen molar-refractivity contribution in [3.05, 3.63) is 23.5 Å². The molecule has 0 aromatic carbocycles. The van der Waals surface area contributed by atoms with Gasteiger partial charge in [0.15, 0.2) is 0 Å². The molecule has 0 aromatic rings. The second-order valence-corrected chi connectivity index (χ2v) is 3.33. The Morgan fingerprint density at radius 2 is 2.38 bits per heavy atom. The molecule has 0 atom stereocenters. The average Bonchev–Trinajstić information content (AvgIpc) is 2.15. The summed E-state index contributed by atoms with van der Waals surface area (Å²) in [5, 5.41) is 0. The summed E-state index contributed by atoms with van der Waals surface area (Å²) >= 11 is 0. The largest absolute Gasteiger partial charge is 0.501 e. The molecule has 0 unspecified atom stereocenters. The lowest BCUT2D eigenvalue weighted by atomic mass is 10.0. The third kappa shape index (κ3) is 3.45. The van der Waals surface area contributed by atoms with Gasteiger partial charge in [0.05, 0.1) is 12.9 Å². The van der Waals surface area contributed by atoms with Crippen LogP contribution in [0.3, 0.4) is 0 Å². The van der Waals surface area contributed by atoms with E-state index in [-0.39, 0.29) is 5.78 Å². The number of ether oxygens (including phenoxy) is 1. The van der Waals surface area contributed by atoms with E-state index in [2.05, 4.69) is 6.08 Å². The number of hydrogen-bond donors (Lipinski definition) is 0. The van der Waals surface area contributed by atoms with Gasteiger partial charge < -0.3 is 9.53 Å². The van der Waals surface area contributed by atoms with Gasteiger partial charge in [-0.15, -0.1) is 0 Å². The number of carbonyl (C=O) groups excluding carboxylic acids is 1. The lowest BCUT2D eigenvalue weighted by Gasteiger charge is -2.11. The Balaban J connectivity index is 2.46. The molecule has 2 heteroatoms. The predicted molar refractivity (Wildman–Crippen MR) is 52.3 cm³/mol. The molecular weight excluding hydrogens is 164 g/mol. The molecule has 0 spiro atoms. The number of methoxy groups -OCH3 is 1. The molecule has 0 fully saturated rings. The minimum Gasteiger partial charge on any atom is -0.501 e. The first kappa shape index (κ1) is 10.0. The standard InChI is InChI=1S/C11H16O2/c1-9(12)6-7-10-4-3-5-11(8-10)13-2/h4,8H,3,5-7H2,1-2H3. The Bertz CT molecular complexity index is 249. The smallest absolute Gasteiger partial charge is 0.130 e. The van der Waals surface area contributed by atoms with Crippen LogP contribution >= 0.6 is 0 Å². The van der Waals surface area contributed by atoms with Gasteiger partial charge in [0.25, 0.3) is 0 Å². The minimum absolute atomic E-state index is 0.249. The van der Waals surface area contributed by atoms with E-state index in [1.807, 2.05) is 6.08 Å². The molecule has 0 amide bonds. The van der Waals surface area contributed by atoms with E-state index < -0.39 is 0 Å². The van der Waals surface area contributed by atoms with Gasteiger partial charge in [0.2, 0.25) is 0 Å². The lowest BCUT2D eigenvalue weighted by molar-refractivity contribution is -0.116. The minimum atomic E-state index is 0.249. The topological polar surface area (TPSA) is 26.3 Å². The van der Waals surface area contributed by atoms with Crippen molar-refractivity contribution in [2.24, 2.45) is 0 Å². The lowest BCUT2D eigenvalue weighted by Crippen LogP contribution is -1.97. The number of ketones is 1. The zero-order valence-corrected chi connectivity index (χ0v) is 8.30. The number of rotatable bonds is 4. The second kappa shape index (κ2) is 4.85. The van der Waals surface area contributed by atoms with Crippen molar-refractivity contribution in [2.45, 2.75) is 32.6 Å². The number of hydrogen-bond acceptors (Lipinski definition) is 2. The maximum Gasteiger partial charge on any atom is 0.130 e. The highest BCUT2D eigenvalue weighted by atomic mass is 16.5. The van der Waals surface area contributed by atoms with E-state index in [1.165, 1.54) is 5.57 Å². The molecule has 13 heavy (non-hydrogen) atoms. The third-order valence-corrected chi connectivity index (χ3v) is 2.17. The van der Waals surface area contributed by atoms with Crippen LogP contribution in [0.25, 0.3) is 0 Å². The third-order valence-electron chi connectivity index (χ3n) is 2.17. The summed E-state index contributed by atoms with van der Waals surface area (Å²) in [5.41, 5.74) is 1.23. The highest BCUT2D eigenvalue weighted by molar-refractivity contribution is 5.75. The first-order chi connectivity index (χ1) is 6.22. The van der Waals surface area contributed by atoms with E-state index in [9.17, 15) is 4.79 Å². The maximum absolute atomic E-state index is 10.8. The highest BCUT2D eigenvalue weighted by Crippen LogP contribution is 2.20. The molecule has 0 saturated carbocycles. The van der Waals surface area contributed by atoms with Crippen LogP contribution in [0.15, 0.2) is 23.5 Å². The predicted octanol–water partition coefficient (Wildman–Crippen LogP) is 2.61. The molecule has 0 aliphatic heterocycles. The van der Waals surface area contributed by atoms with E-state index in [4.69, 9.17) is 4.74 Å². The summed E-state index contributed by atoms with van der Waals surface area (Å²) in [6.07, 6.45) is 7.74. The van der Waals surface area contributed by atoms with Crippen molar-refractivity contribution >= 4 is 5.78 Å². The fraction of sp³-hybridized carbons (Fsp3) is 0.545. The van der Waals surface area contributed by atoms with E-state index in [1.54, 1.807) is 14.0 Å². The van der Waals surface area contributed by atoms with Crippen LogP contribution in [0, 0.1) is 0 Å². The first-order valence-electron chi connectivity index (χ1n) is 4.65. The van der Waals surface area contributed by atoms with Crippen molar-refractivity contribution < 1.29 is 9.53 Å². The van der Waals surface area contributed by atoms with Crippen molar-refractivity contribution in [1.29, 1.82) is 0 Å². The van der Waals surface area contributed by atoms with Gasteiger partial charge in [0, 0.05) is 12.8 Å². The van der Waals surface area contributed by atoms with Crippen molar-refractivity contribution in [2.75, 3.05) is 7.11 Å². The van der Waals surface area contributed by atoms with Crippen LogP contribution < -0.4 is 0 Å². The van der Waals surface area contributed by atoms with Crippen LogP contribution in [0.5, 0.6) is 0 Å². The van der Waals surface area contributed by atoms with Crippen molar-refractivity contribution in [3.8, 4) is 0 Å². The van der Waals surface area contributed by atoms with Gasteiger partial charge in [-0.2, -0.15) is 0 Å². The van der Waals surface area contributed by atoms with Gasteiger partial charge in [-0.1, -0.05) is 6.08 Å². The van der Waals surface area contributed by atoms with E-state index in [0.717, 1.165) is 25.0 Å². The van der Waals surface area contributed by atoms with E-state index in [0.29, 0.717) is 6.42 Å². The molecule has 0 N–H and O–H groups in total. The molecule has 0 saturated heterocycles. The monoisotopic (exact) mass is 180 g/mol. The summed E-state index contributed by atoms with van der Waals surface area (Å²) in [4.78, 5) is 10.8. The van der Waals surface area contributed by atoms with Gasteiger partial charge in [-0.05, 0) is 31.4 Å². The average molecular weight is 180 g/mol. The summed E-state index contributed by atoms with van der Waals surface area (Å²) in [7, 11) is 1.69. The van der Waals surface area contributed by atoms with Crippen LogP contribution in [0.4, 0.5) is 0 Å². The normalized spacial score (nSPS) is 16.2. The van der Waals surface area contributed by atoms with Crippen LogP contribution in [0.2, 0.25) is 0 Å². The highest BCUT2D eigenvalue weighted by Gasteiger charge is 2.05. The summed E-state index contributed by atoms with van der Waals surface area (Å²) < 4.78 is 5.16. The summed E-state index contributed by atoms with van der Waals surface area (Å²) in [5.74, 6) is 1.28. The molecule has 0 heterocycles. The Labute approximate surface area is 79.3 Å². The number of allylic oxidation sites excluding steroid dienone is 4. The van der Waals surface area contributed by atoms with Gasteiger partial charge in [-0.25, -0.2) is 0 Å². The molecule has 1 aliphatic carbocycles. The molecular formula is C11H16O2. The molecule has 0 radical (unpaired) electrons. The molecule has 0 bridgehead atoms. The molecule has 72 valence electrons. The Kier molecular flexibility index (Phi) is 3.74. The van der Waals surface area contributed by atoms with E-state index >= 15 is 0 Å². The molecule has 1 aliphatic rings. The Morgan fingerprint density at radius 1 is 1.62 bits per heavy atom. The first-order valence-corrected chi connectivity index (χ1v) is 4.65. The van der Waals surface area contributed by atoms with Gasteiger partial charge in [-0.3, -0.25) is 0 Å². The molecule has 2 nitrogen and oxygen atoms in total. The zero-order valence-electron chi connectivity index (χ0n) is 8.30. The van der Waals surface area contributed by atoms with Crippen molar-refractivity contribution in [3.63, 3.8) is 0 Å². The number of Topliss-reactive ketones (excluding diaryl/α,β-unsaturated/α-hetero) is 1. The van der Waals surface area contributed by atoms with Gasteiger partial charge >= 0.3 is 0 Å². The second-order valence-electron chi connectivity index (χ2n) is 3.33. The Morgan fingerprint density at radius 3 is 3.00 bits per heavy atom. The van der Waals surface area contributed by atoms with Crippen LogP contribution in [-0.4, -0.2) is 12.9 Å². The summed E-state index contributed by atoms with van der Waals surface area (Å²) in [6, 6.07) is 0. The summed E-state index contributed by atoms with van der Waals surface area (Å²) in [6.45, 7) is 1.63. The Hall–Kier alpha value is -1.05. The zero-order chi connectivity index (χ0) is 9.68. The maximum atomic E-state index is 10.8.